The Morgan fingerprint density at radius 1 is 1.19 bits per heavy atom. The van der Waals surface area contributed by atoms with Crippen LogP contribution in [-0.2, 0) is 16.0 Å². The molecule has 0 aliphatic rings. The van der Waals surface area contributed by atoms with Crippen molar-refractivity contribution in [1.82, 2.24) is 0 Å². The highest BCUT2D eigenvalue weighted by Crippen LogP contribution is 2.21. The third kappa shape index (κ3) is 9.08. The van der Waals surface area contributed by atoms with Gasteiger partial charge >= 0.3 is 5.97 Å². The highest BCUT2D eigenvalue weighted by molar-refractivity contribution is 5.71. The minimum absolute atomic E-state index is 0.0888. The molecule has 1 aromatic carbocycles. The van der Waals surface area contributed by atoms with E-state index in [9.17, 15) is 4.79 Å². The Morgan fingerprint density at radius 2 is 1.76 bits per heavy atom. The van der Waals surface area contributed by atoms with Gasteiger partial charge in [-0.2, -0.15) is 0 Å². The number of carbonyl (C=O) groups excluding carboxylic acids is 1. The number of nitrogens with two attached hydrogens (primary N) is 1. The fourth-order valence-electron chi connectivity index (χ4n) is 1.67. The van der Waals surface area contributed by atoms with E-state index in [0.717, 1.165) is 11.3 Å². The number of rotatable bonds is 6. The van der Waals surface area contributed by atoms with Crippen LogP contribution in [0.5, 0.6) is 5.75 Å². The lowest BCUT2D eigenvalue weighted by Gasteiger charge is -2.17. The molecule has 0 heterocycles. The minimum Gasteiger partial charge on any atom is -0.491 e. The number of para-hydroxylation sites is 1. The van der Waals surface area contributed by atoms with E-state index < -0.39 is 0 Å². The molecule has 0 amide bonds. The van der Waals surface area contributed by atoms with Crippen LogP contribution in [0.25, 0.3) is 0 Å². The van der Waals surface area contributed by atoms with Crippen molar-refractivity contribution in [2.75, 3.05) is 6.54 Å². The topological polar surface area (TPSA) is 61.5 Å². The van der Waals surface area contributed by atoms with E-state index in [1.54, 1.807) is 0 Å². The zero-order valence-electron chi connectivity index (χ0n) is 13.9. The molecular weight excluding hydrogens is 266 g/mol. The van der Waals surface area contributed by atoms with Gasteiger partial charge in [0, 0.05) is 6.42 Å². The summed E-state index contributed by atoms with van der Waals surface area (Å²) in [6.45, 7) is 9.97. The van der Waals surface area contributed by atoms with Gasteiger partial charge in [0.1, 0.15) is 11.9 Å². The molecule has 0 aromatic heterocycles. The third-order valence-electron chi connectivity index (χ3n) is 2.34. The molecule has 0 radical (unpaired) electrons. The lowest BCUT2D eigenvalue weighted by Crippen LogP contribution is -2.23. The van der Waals surface area contributed by atoms with Gasteiger partial charge in [-0.15, -0.1) is 0 Å². The van der Waals surface area contributed by atoms with Crippen LogP contribution >= 0.6 is 0 Å². The first-order chi connectivity index (χ1) is 9.94. The van der Waals surface area contributed by atoms with Crippen LogP contribution in [0.1, 0.15) is 46.6 Å². The Bertz CT molecular complexity index is 405. The summed E-state index contributed by atoms with van der Waals surface area (Å²) in [5, 5.41) is 0. The SMILES string of the molecule is CC(C)Oc1ccccc1CC(C)OC(=O)CN.CCC. The van der Waals surface area contributed by atoms with Gasteiger partial charge in [-0.1, -0.05) is 38.5 Å². The quantitative estimate of drug-likeness (QED) is 0.818. The van der Waals surface area contributed by atoms with Crippen molar-refractivity contribution in [1.29, 1.82) is 0 Å². The molecule has 0 aliphatic heterocycles. The summed E-state index contributed by atoms with van der Waals surface area (Å²) in [7, 11) is 0. The molecule has 0 spiro atoms. The standard InChI is InChI=1S/C14H21NO3.C3H8/c1-10(2)17-13-7-5-4-6-12(13)8-11(3)18-14(16)9-15;1-3-2/h4-7,10-11H,8-9,15H2,1-3H3;3H2,1-2H3. The third-order valence-corrected chi connectivity index (χ3v) is 2.34. The monoisotopic (exact) mass is 295 g/mol. The summed E-state index contributed by atoms with van der Waals surface area (Å²) in [6, 6.07) is 7.77. The van der Waals surface area contributed by atoms with Gasteiger partial charge in [0.25, 0.3) is 0 Å². The second kappa shape index (κ2) is 11.1. The molecule has 4 heteroatoms. The fraction of sp³-hybridized carbons (Fsp3) is 0.588. The van der Waals surface area contributed by atoms with Gasteiger partial charge in [0.05, 0.1) is 12.6 Å². The van der Waals surface area contributed by atoms with Gasteiger partial charge in [-0.3, -0.25) is 4.79 Å². The normalized spacial score (nSPS) is 11.4. The van der Waals surface area contributed by atoms with Gasteiger partial charge < -0.3 is 15.2 Å². The predicted molar refractivity (Wildman–Crippen MR) is 86.5 cm³/mol. The molecule has 0 bridgehead atoms. The van der Waals surface area contributed by atoms with E-state index in [1.807, 2.05) is 45.0 Å². The number of hydrogen-bond acceptors (Lipinski definition) is 4. The van der Waals surface area contributed by atoms with Crippen LogP contribution < -0.4 is 10.5 Å². The van der Waals surface area contributed by atoms with Crippen molar-refractivity contribution in [3.8, 4) is 5.75 Å². The predicted octanol–water partition coefficient (Wildman–Crippen LogP) is 3.32. The molecule has 1 aromatic rings. The van der Waals surface area contributed by atoms with Gasteiger partial charge in [0.15, 0.2) is 0 Å². The molecule has 21 heavy (non-hydrogen) atoms. The van der Waals surface area contributed by atoms with Crippen molar-refractivity contribution >= 4 is 5.97 Å². The summed E-state index contributed by atoms with van der Waals surface area (Å²) < 4.78 is 10.9. The van der Waals surface area contributed by atoms with Crippen molar-refractivity contribution in [3.63, 3.8) is 0 Å². The highest BCUT2D eigenvalue weighted by Gasteiger charge is 2.12. The summed E-state index contributed by atoms with van der Waals surface area (Å²) in [5.41, 5.74) is 6.24. The molecule has 4 nitrogen and oxygen atoms in total. The van der Waals surface area contributed by atoms with E-state index in [2.05, 4.69) is 13.8 Å². The summed E-state index contributed by atoms with van der Waals surface area (Å²) in [6.07, 6.45) is 1.78. The fourth-order valence-corrected chi connectivity index (χ4v) is 1.67. The Kier molecular flexibility index (Phi) is 10.3. The largest absolute Gasteiger partial charge is 0.491 e. The molecule has 120 valence electrons. The second-order valence-electron chi connectivity index (χ2n) is 5.19. The van der Waals surface area contributed by atoms with Crippen molar-refractivity contribution in [2.24, 2.45) is 5.73 Å². The molecule has 1 atom stereocenters. The first kappa shape index (κ1) is 19.4. The maximum atomic E-state index is 11.1. The van der Waals surface area contributed by atoms with Crippen LogP contribution in [0.15, 0.2) is 24.3 Å². The Morgan fingerprint density at radius 3 is 2.29 bits per heavy atom. The first-order valence-corrected chi connectivity index (χ1v) is 7.58. The molecule has 1 rings (SSSR count). The summed E-state index contributed by atoms with van der Waals surface area (Å²) >= 11 is 0. The smallest absolute Gasteiger partial charge is 0.319 e. The van der Waals surface area contributed by atoms with E-state index in [0.29, 0.717) is 6.42 Å². The highest BCUT2D eigenvalue weighted by atomic mass is 16.5. The van der Waals surface area contributed by atoms with Crippen molar-refractivity contribution in [2.45, 2.75) is 59.7 Å². The first-order valence-electron chi connectivity index (χ1n) is 7.58. The molecule has 2 N–H and O–H groups in total. The van der Waals surface area contributed by atoms with Crippen molar-refractivity contribution < 1.29 is 14.3 Å². The van der Waals surface area contributed by atoms with Crippen LogP contribution in [0.4, 0.5) is 0 Å². The minimum atomic E-state index is -0.384. The van der Waals surface area contributed by atoms with E-state index >= 15 is 0 Å². The molecule has 0 saturated carbocycles. The summed E-state index contributed by atoms with van der Waals surface area (Å²) in [4.78, 5) is 11.1. The van der Waals surface area contributed by atoms with Crippen molar-refractivity contribution in [3.05, 3.63) is 29.8 Å². The number of esters is 1. The summed E-state index contributed by atoms with van der Waals surface area (Å²) in [5.74, 6) is 0.452. The van der Waals surface area contributed by atoms with E-state index in [4.69, 9.17) is 15.2 Å². The Labute approximate surface area is 128 Å². The van der Waals surface area contributed by atoms with Crippen LogP contribution in [0.3, 0.4) is 0 Å². The number of ether oxygens (including phenoxy) is 2. The van der Waals surface area contributed by atoms with E-state index in [-0.39, 0.29) is 24.7 Å². The molecule has 0 aliphatic carbocycles. The zero-order chi connectivity index (χ0) is 16.3. The lowest BCUT2D eigenvalue weighted by atomic mass is 10.1. The molecule has 0 saturated heterocycles. The zero-order valence-corrected chi connectivity index (χ0v) is 13.9. The van der Waals surface area contributed by atoms with Gasteiger partial charge in [-0.25, -0.2) is 0 Å². The Hall–Kier alpha value is -1.55. The van der Waals surface area contributed by atoms with E-state index in [1.165, 1.54) is 6.42 Å². The van der Waals surface area contributed by atoms with Gasteiger partial charge in [-0.05, 0) is 32.4 Å². The lowest BCUT2D eigenvalue weighted by molar-refractivity contribution is -0.146. The van der Waals surface area contributed by atoms with Crippen LogP contribution in [-0.4, -0.2) is 24.7 Å². The average molecular weight is 295 g/mol. The number of carbonyl (C=O) groups is 1. The number of benzene rings is 1. The molecular formula is C17H29NO3. The van der Waals surface area contributed by atoms with Gasteiger partial charge in [0.2, 0.25) is 0 Å². The number of hydrogen-bond donors (Lipinski definition) is 1. The molecule has 1 unspecified atom stereocenters. The maximum Gasteiger partial charge on any atom is 0.319 e. The van der Waals surface area contributed by atoms with Crippen LogP contribution in [0.2, 0.25) is 0 Å². The molecule has 0 fully saturated rings. The van der Waals surface area contributed by atoms with Crippen LogP contribution in [0, 0.1) is 0 Å². The average Bonchev–Trinajstić information content (AvgIpc) is 2.41. The second-order valence-corrected chi connectivity index (χ2v) is 5.19. The Balaban J connectivity index is 0.00000122. The maximum absolute atomic E-state index is 11.1.